The first kappa shape index (κ1) is 18.0. The minimum atomic E-state index is -0.320. The summed E-state index contributed by atoms with van der Waals surface area (Å²) in [6.07, 6.45) is 5.66. The fourth-order valence-electron chi connectivity index (χ4n) is 3.44. The van der Waals surface area contributed by atoms with Crippen molar-refractivity contribution in [3.05, 3.63) is 0 Å². The molecule has 1 saturated heterocycles. The summed E-state index contributed by atoms with van der Waals surface area (Å²) in [7, 11) is 0. The number of hydrogen-bond donors (Lipinski definition) is 1. The van der Waals surface area contributed by atoms with E-state index in [1.165, 1.54) is 6.42 Å². The van der Waals surface area contributed by atoms with Gasteiger partial charge in [-0.2, -0.15) is 0 Å². The molecule has 122 valence electrons. The average Bonchev–Trinajstić information content (AvgIpc) is 2.42. The van der Waals surface area contributed by atoms with Crippen LogP contribution in [0.1, 0.15) is 66.2 Å². The molecule has 1 heterocycles. The molecule has 0 aromatic carbocycles. The Balaban J connectivity index is 2.93. The van der Waals surface area contributed by atoms with Crippen molar-refractivity contribution in [2.75, 3.05) is 6.54 Å². The highest BCUT2D eigenvalue weighted by molar-refractivity contribution is 5.87. The lowest BCUT2D eigenvalue weighted by atomic mass is 9.80. The van der Waals surface area contributed by atoms with Crippen LogP contribution in [-0.2, 0) is 9.59 Å². The molecule has 2 amide bonds. The van der Waals surface area contributed by atoms with E-state index < -0.39 is 0 Å². The van der Waals surface area contributed by atoms with E-state index in [0.717, 1.165) is 32.2 Å². The Morgan fingerprint density at radius 2 is 1.90 bits per heavy atom. The second-order valence-electron chi connectivity index (χ2n) is 6.91. The van der Waals surface area contributed by atoms with Gasteiger partial charge in [-0.1, -0.05) is 27.2 Å². The summed E-state index contributed by atoms with van der Waals surface area (Å²) in [6.45, 7) is 9.18. The molecule has 1 rings (SSSR count). The molecule has 4 heteroatoms. The average molecular weight is 296 g/mol. The van der Waals surface area contributed by atoms with Crippen LogP contribution in [0.3, 0.4) is 0 Å². The van der Waals surface area contributed by atoms with Crippen LogP contribution in [0.4, 0.5) is 0 Å². The lowest BCUT2D eigenvalue weighted by molar-refractivity contribution is -0.145. The zero-order valence-corrected chi connectivity index (χ0v) is 14.1. The highest BCUT2D eigenvalue weighted by Gasteiger charge is 2.36. The van der Waals surface area contributed by atoms with Crippen molar-refractivity contribution in [3.8, 4) is 0 Å². The maximum absolute atomic E-state index is 13.0. The van der Waals surface area contributed by atoms with E-state index in [-0.39, 0.29) is 29.7 Å². The molecular weight excluding hydrogens is 264 g/mol. The van der Waals surface area contributed by atoms with Crippen molar-refractivity contribution in [2.45, 2.75) is 72.3 Å². The van der Waals surface area contributed by atoms with Crippen LogP contribution in [0.5, 0.6) is 0 Å². The van der Waals surface area contributed by atoms with Crippen molar-refractivity contribution >= 4 is 11.8 Å². The molecule has 0 aromatic rings. The summed E-state index contributed by atoms with van der Waals surface area (Å²) in [6, 6.07) is 0.288. The van der Waals surface area contributed by atoms with E-state index >= 15 is 0 Å². The summed E-state index contributed by atoms with van der Waals surface area (Å²) in [5.74, 6) is -0.353. The van der Waals surface area contributed by atoms with Crippen LogP contribution >= 0.6 is 0 Å². The van der Waals surface area contributed by atoms with Gasteiger partial charge in [0, 0.05) is 24.4 Å². The van der Waals surface area contributed by atoms with Crippen LogP contribution in [0.2, 0.25) is 0 Å². The van der Waals surface area contributed by atoms with Crippen molar-refractivity contribution < 1.29 is 9.59 Å². The molecule has 0 saturated carbocycles. The molecule has 3 unspecified atom stereocenters. The van der Waals surface area contributed by atoms with Crippen molar-refractivity contribution in [2.24, 2.45) is 23.5 Å². The second kappa shape index (κ2) is 8.40. The number of nitrogens with two attached hydrogens (primary N) is 1. The van der Waals surface area contributed by atoms with Gasteiger partial charge in [-0.25, -0.2) is 0 Å². The largest absolute Gasteiger partial charge is 0.369 e. The molecule has 0 spiro atoms. The Morgan fingerprint density at radius 3 is 2.38 bits per heavy atom. The Bertz CT molecular complexity index is 355. The van der Waals surface area contributed by atoms with E-state index in [9.17, 15) is 9.59 Å². The van der Waals surface area contributed by atoms with Crippen molar-refractivity contribution in [3.63, 3.8) is 0 Å². The van der Waals surface area contributed by atoms with Gasteiger partial charge < -0.3 is 10.6 Å². The highest BCUT2D eigenvalue weighted by Crippen LogP contribution is 2.29. The van der Waals surface area contributed by atoms with Gasteiger partial charge in [0.15, 0.2) is 0 Å². The molecule has 1 aliphatic rings. The number of carbonyl (C=O) groups is 2. The summed E-state index contributed by atoms with van der Waals surface area (Å²) in [4.78, 5) is 26.8. The smallest absolute Gasteiger partial charge is 0.226 e. The van der Waals surface area contributed by atoms with Gasteiger partial charge in [0.2, 0.25) is 11.8 Å². The molecule has 0 bridgehead atoms. The van der Waals surface area contributed by atoms with E-state index in [1.807, 2.05) is 11.8 Å². The van der Waals surface area contributed by atoms with Gasteiger partial charge in [0.1, 0.15) is 0 Å². The third-order valence-electron chi connectivity index (χ3n) is 4.58. The third-order valence-corrected chi connectivity index (χ3v) is 4.58. The van der Waals surface area contributed by atoms with Gasteiger partial charge in [-0.05, 0) is 44.9 Å². The standard InChI is InChI=1S/C17H32N2O2/c1-5-8-14(16(18)20)15(11-12(2)3)17(21)19-10-7-6-9-13(19)4/h12-15H,5-11H2,1-4H3,(H2,18,20). The van der Waals surface area contributed by atoms with E-state index in [1.54, 1.807) is 0 Å². The molecule has 2 N–H and O–H groups in total. The predicted molar refractivity (Wildman–Crippen MR) is 85.6 cm³/mol. The highest BCUT2D eigenvalue weighted by atomic mass is 16.2. The van der Waals surface area contributed by atoms with Crippen LogP contribution in [0, 0.1) is 17.8 Å². The molecule has 0 aliphatic carbocycles. The number of amides is 2. The molecule has 21 heavy (non-hydrogen) atoms. The minimum Gasteiger partial charge on any atom is -0.369 e. The van der Waals surface area contributed by atoms with Crippen LogP contribution in [0.15, 0.2) is 0 Å². The van der Waals surface area contributed by atoms with E-state index in [2.05, 4.69) is 20.8 Å². The minimum absolute atomic E-state index is 0.146. The van der Waals surface area contributed by atoms with Gasteiger partial charge in [0.05, 0.1) is 0 Å². The fraction of sp³-hybridized carbons (Fsp3) is 0.882. The van der Waals surface area contributed by atoms with Crippen LogP contribution < -0.4 is 5.73 Å². The first-order valence-corrected chi connectivity index (χ1v) is 8.48. The Morgan fingerprint density at radius 1 is 1.24 bits per heavy atom. The number of hydrogen-bond acceptors (Lipinski definition) is 2. The second-order valence-corrected chi connectivity index (χ2v) is 6.91. The molecule has 0 aromatic heterocycles. The first-order valence-electron chi connectivity index (χ1n) is 8.48. The topological polar surface area (TPSA) is 63.4 Å². The van der Waals surface area contributed by atoms with Crippen LogP contribution in [0.25, 0.3) is 0 Å². The molecular formula is C17H32N2O2. The van der Waals surface area contributed by atoms with Gasteiger partial charge in [-0.15, -0.1) is 0 Å². The summed E-state index contributed by atoms with van der Waals surface area (Å²) in [5, 5.41) is 0. The van der Waals surface area contributed by atoms with Crippen molar-refractivity contribution in [1.82, 2.24) is 4.90 Å². The molecule has 3 atom stereocenters. The molecule has 1 fully saturated rings. The van der Waals surface area contributed by atoms with Gasteiger partial charge in [-0.3, -0.25) is 9.59 Å². The zero-order chi connectivity index (χ0) is 16.0. The monoisotopic (exact) mass is 296 g/mol. The number of carbonyl (C=O) groups excluding carboxylic acids is 2. The molecule has 4 nitrogen and oxygen atoms in total. The Labute approximate surface area is 129 Å². The summed E-state index contributed by atoms with van der Waals surface area (Å²) in [5.41, 5.74) is 5.59. The molecule has 0 radical (unpaired) electrons. The Hall–Kier alpha value is -1.06. The first-order chi connectivity index (χ1) is 9.88. The number of primary amides is 1. The Kier molecular flexibility index (Phi) is 7.20. The van der Waals surface area contributed by atoms with E-state index in [0.29, 0.717) is 12.3 Å². The van der Waals surface area contributed by atoms with Gasteiger partial charge in [0.25, 0.3) is 0 Å². The van der Waals surface area contributed by atoms with Crippen molar-refractivity contribution in [1.29, 1.82) is 0 Å². The third kappa shape index (κ3) is 5.01. The normalized spacial score (nSPS) is 22.1. The maximum Gasteiger partial charge on any atom is 0.226 e. The zero-order valence-electron chi connectivity index (χ0n) is 14.1. The number of likely N-dealkylation sites (tertiary alicyclic amines) is 1. The SMILES string of the molecule is CCCC(C(N)=O)C(CC(C)C)C(=O)N1CCCCC1C. The number of nitrogens with zero attached hydrogens (tertiary/aromatic N) is 1. The van der Waals surface area contributed by atoms with E-state index in [4.69, 9.17) is 5.73 Å². The number of rotatable bonds is 7. The number of piperidine rings is 1. The maximum atomic E-state index is 13.0. The summed E-state index contributed by atoms with van der Waals surface area (Å²) < 4.78 is 0. The summed E-state index contributed by atoms with van der Waals surface area (Å²) >= 11 is 0. The predicted octanol–water partition coefficient (Wildman–Crippen LogP) is 2.95. The lowest BCUT2D eigenvalue weighted by Crippen LogP contribution is -2.48. The van der Waals surface area contributed by atoms with Gasteiger partial charge >= 0.3 is 0 Å². The fourth-order valence-corrected chi connectivity index (χ4v) is 3.44. The molecule has 1 aliphatic heterocycles. The lowest BCUT2D eigenvalue weighted by Gasteiger charge is -2.38. The van der Waals surface area contributed by atoms with Crippen LogP contribution in [-0.4, -0.2) is 29.3 Å². The quantitative estimate of drug-likeness (QED) is 0.785.